The number of amides is 2. The second kappa shape index (κ2) is 10.5. The molecule has 11 nitrogen and oxygen atoms in total. The molecule has 2 heterocycles. The lowest BCUT2D eigenvalue weighted by Gasteiger charge is -2.26. The summed E-state index contributed by atoms with van der Waals surface area (Å²) in [5, 5.41) is 3.89. The standard InChI is InChI=1S/C22H23N5O6S/c28-19(9-10-20-23-21(26-33-20)16-5-2-1-3-6-16)24-25-22(29)17-7-4-8-18(15-17)34(30,31)27-11-13-32-14-12-27/h1-8,15H,9-14H2,(H,24,28)(H,25,29). The van der Waals surface area contributed by atoms with Crippen LogP contribution in [0.5, 0.6) is 0 Å². The molecule has 1 aromatic heterocycles. The lowest BCUT2D eigenvalue weighted by molar-refractivity contribution is -0.121. The smallest absolute Gasteiger partial charge is 0.269 e. The number of rotatable bonds is 7. The highest BCUT2D eigenvalue weighted by molar-refractivity contribution is 7.89. The molecule has 0 saturated carbocycles. The molecule has 2 N–H and O–H groups in total. The third-order valence-corrected chi connectivity index (χ3v) is 6.98. The molecule has 3 aromatic rings. The quantitative estimate of drug-likeness (QED) is 0.475. The molecule has 0 unspecified atom stereocenters. The topological polar surface area (TPSA) is 144 Å². The zero-order valence-corrected chi connectivity index (χ0v) is 19.0. The van der Waals surface area contributed by atoms with Gasteiger partial charge in [0.15, 0.2) is 0 Å². The maximum absolute atomic E-state index is 12.8. The number of carbonyl (C=O) groups excluding carboxylic acids is 2. The van der Waals surface area contributed by atoms with Gasteiger partial charge in [0.05, 0.1) is 18.1 Å². The number of hydrogen-bond acceptors (Lipinski definition) is 8. The number of morpholine rings is 1. The molecule has 1 aliphatic heterocycles. The lowest BCUT2D eigenvalue weighted by atomic mass is 10.2. The summed E-state index contributed by atoms with van der Waals surface area (Å²) in [6.07, 6.45) is 0.191. The molecule has 2 aromatic carbocycles. The Bertz CT molecular complexity index is 1260. The van der Waals surface area contributed by atoms with Crippen molar-refractivity contribution in [2.45, 2.75) is 17.7 Å². The maximum atomic E-state index is 12.8. The van der Waals surface area contributed by atoms with E-state index in [2.05, 4.69) is 21.0 Å². The first-order valence-corrected chi connectivity index (χ1v) is 12.0. The average Bonchev–Trinajstić information content (AvgIpc) is 3.36. The normalized spacial score (nSPS) is 14.5. The molecule has 0 spiro atoms. The molecule has 34 heavy (non-hydrogen) atoms. The van der Waals surface area contributed by atoms with E-state index in [1.807, 2.05) is 30.3 Å². The first-order chi connectivity index (χ1) is 16.4. The molecule has 1 aliphatic rings. The van der Waals surface area contributed by atoms with Crippen LogP contribution in [0.25, 0.3) is 11.4 Å². The van der Waals surface area contributed by atoms with Crippen molar-refractivity contribution < 1.29 is 27.3 Å². The Morgan fingerprint density at radius 1 is 1.00 bits per heavy atom. The van der Waals surface area contributed by atoms with Crippen molar-refractivity contribution in [3.05, 3.63) is 66.1 Å². The van der Waals surface area contributed by atoms with Gasteiger partial charge in [0, 0.05) is 37.1 Å². The summed E-state index contributed by atoms with van der Waals surface area (Å²) >= 11 is 0. The van der Waals surface area contributed by atoms with Crippen LogP contribution < -0.4 is 10.9 Å². The van der Waals surface area contributed by atoms with Gasteiger partial charge in [0.1, 0.15) is 0 Å². The monoisotopic (exact) mass is 485 g/mol. The first-order valence-electron chi connectivity index (χ1n) is 10.6. The number of nitrogens with zero attached hydrogens (tertiary/aromatic N) is 3. The van der Waals surface area contributed by atoms with Crippen molar-refractivity contribution in [1.82, 2.24) is 25.3 Å². The second-order valence-corrected chi connectivity index (χ2v) is 9.36. The Labute approximate surface area is 196 Å². The number of sulfonamides is 1. The highest BCUT2D eigenvalue weighted by atomic mass is 32.2. The van der Waals surface area contributed by atoms with Gasteiger partial charge in [-0.3, -0.25) is 20.4 Å². The van der Waals surface area contributed by atoms with Crippen LogP contribution in [0.1, 0.15) is 22.7 Å². The molecule has 0 radical (unpaired) electrons. The molecule has 0 bridgehead atoms. The summed E-state index contributed by atoms with van der Waals surface area (Å²) in [4.78, 5) is 28.8. The van der Waals surface area contributed by atoms with Crippen molar-refractivity contribution in [3.63, 3.8) is 0 Å². The minimum Gasteiger partial charge on any atom is -0.379 e. The van der Waals surface area contributed by atoms with Gasteiger partial charge in [-0.25, -0.2) is 8.42 Å². The SMILES string of the molecule is O=C(CCc1nc(-c2ccccc2)no1)NNC(=O)c1cccc(S(=O)(=O)N2CCOCC2)c1. The van der Waals surface area contributed by atoms with Crippen molar-refractivity contribution >= 4 is 21.8 Å². The van der Waals surface area contributed by atoms with Crippen LogP contribution in [-0.2, 0) is 26.0 Å². The van der Waals surface area contributed by atoms with E-state index in [-0.39, 0.29) is 36.4 Å². The minimum absolute atomic E-state index is 0.000935. The van der Waals surface area contributed by atoms with Gasteiger partial charge < -0.3 is 9.26 Å². The number of aryl methyl sites for hydroxylation is 1. The summed E-state index contributed by atoms with van der Waals surface area (Å²) in [6, 6.07) is 14.9. The highest BCUT2D eigenvalue weighted by Gasteiger charge is 2.27. The molecule has 178 valence electrons. The third kappa shape index (κ3) is 5.65. The molecule has 12 heteroatoms. The Morgan fingerprint density at radius 3 is 2.53 bits per heavy atom. The fraction of sp³-hybridized carbons (Fsp3) is 0.273. The third-order valence-electron chi connectivity index (χ3n) is 5.09. The minimum atomic E-state index is -3.74. The van der Waals surface area contributed by atoms with Crippen molar-refractivity contribution in [2.75, 3.05) is 26.3 Å². The molecular formula is C22H23N5O6S. The molecule has 0 atom stereocenters. The van der Waals surface area contributed by atoms with Crippen LogP contribution in [0.4, 0.5) is 0 Å². The van der Waals surface area contributed by atoms with Crippen LogP contribution in [0.15, 0.2) is 64.0 Å². The predicted molar refractivity (Wildman–Crippen MR) is 120 cm³/mol. The fourth-order valence-corrected chi connectivity index (χ4v) is 4.73. The predicted octanol–water partition coefficient (Wildman–Crippen LogP) is 1.15. The highest BCUT2D eigenvalue weighted by Crippen LogP contribution is 2.18. The van der Waals surface area contributed by atoms with Crippen LogP contribution in [0.2, 0.25) is 0 Å². The number of hydrogen-bond donors (Lipinski definition) is 2. The van der Waals surface area contributed by atoms with E-state index in [0.29, 0.717) is 24.9 Å². The van der Waals surface area contributed by atoms with Crippen LogP contribution in [0.3, 0.4) is 0 Å². The Balaban J connectivity index is 1.29. The number of carbonyl (C=O) groups is 2. The van der Waals surface area contributed by atoms with Crippen LogP contribution in [-0.4, -0.2) is 61.0 Å². The van der Waals surface area contributed by atoms with E-state index in [1.54, 1.807) is 0 Å². The van der Waals surface area contributed by atoms with Gasteiger partial charge >= 0.3 is 0 Å². The lowest BCUT2D eigenvalue weighted by Crippen LogP contribution is -2.42. The summed E-state index contributed by atoms with van der Waals surface area (Å²) in [7, 11) is -3.74. The summed E-state index contributed by atoms with van der Waals surface area (Å²) in [5.74, 6) is -0.390. The summed E-state index contributed by atoms with van der Waals surface area (Å²) in [5.41, 5.74) is 5.49. The van der Waals surface area contributed by atoms with Crippen LogP contribution in [0, 0.1) is 0 Å². The van der Waals surface area contributed by atoms with Gasteiger partial charge in [-0.1, -0.05) is 41.6 Å². The average molecular weight is 486 g/mol. The molecule has 2 amide bonds. The van der Waals surface area contributed by atoms with E-state index in [4.69, 9.17) is 9.26 Å². The first kappa shape index (κ1) is 23.5. The Morgan fingerprint density at radius 2 is 1.76 bits per heavy atom. The Hall–Kier alpha value is -3.61. The largest absolute Gasteiger partial charge is 0.379 e. The van der Waals surface area contributed by atoms with Gasteiger partial charge in [-0.15, -0.1) is 0 Å². The summed E-state index contributed by atoms with van der Waals surface area (Å²) < 4.78 is 37.2. The summed E-state index contributed by atoms with van der Waals surface area (Å²) in [6.45, 7) is 1.15. The number of ether oxygens (including phenoxy) is 1. The zero-order valence-electron chi connectivity index (χ0n) is 18.1. The molecular weight excluding hydrogens is 462 g/mol. The van der Waals surface area contributed by atoms with E-state index in [1.165, 1.54) is 28.6 Å². The van der Waals surface area contributed by atoms with Crippen molar-refractivity contribution in [1.29, 1.82) is 0 Å². The number of nitrogens with one attached hydrogen (secondary N) is 2. The Kier molecular flexibility index (Phi) is 7.30. The number of benzene rings is 2. The number of hydrazine groups is 1. The van der Waals surface area contributed by atoms with Gasteiger partial charge in [-0.2, -0.15) is 9.29 Å². The van der Waals surface area contributed by atoms with Gasteiger partial charge in [0.2, 0.25) is 27.6 Å². The van der Waals surface area contributed by atoms with Crippen LogP contribution >= 0.6 is 0 Å². The fourth-order valence-electron chi connectivity index (χ4n) is 3.28. The van der Waals surface area contributed by atoms with E-state index in [0.717, 1.165) is 5.56 Å². The van der Waals surface area contributed by atoms with Crippen molar-refractivity contribution in [3.8, 4) is 11.4 Å². The molecule has 4 rings (SSSR count). The molecule has 1 fully saturated rings. The molecule has 1 saturated heterocycles. The number of aromatic nitrogens is 2. The maximum Gasteiger partial charge on any atom is 0.269 e. The molecule has 0 aliphatic carbocycles. The van der Waals surface area contributed by atoms with Gasteiger partial charge in [0.25, 0.3) is 5.91 Å². The van der Waals surface area contributed by atoms with E-state index in [9.17, 15) is 18.0 Å². The van der Waals surface area contributed by atoms with Gasteiger partial charge in [-0.05, 0) is 18.2 Å². The zero-order chi connectivity index (χ0) is 24.0. The van der Waals surface area contributed by atoms with E-state index >= 15 is 0 Å². The second-order valence-electron chi connectivity index (χ2n) is 7.42. The van der Waals surface area contributed by atoms with Crippen molar-refractivity contribution in [2.24, 2.45) is 0 Å². The van der Waals surface area contributed by atoms with E-state index < -0.39 is 21.8 Å².